The van der Waals surface area contributed by atoms with Gasteiger partial charge in [0.15, 0.2) is 0 Å². The maximum atomic E-state index is 9.64. The highest BCUT2D eigenvalue weighted by molar-refractivity contribution is 5.89. The van der Waals surface area contributed by atoms with E-state index in [-0.39, 0.29) is 5.41 Å². The highest BCUT2D eigenvalue weighted by atomic mass is 15.4. The highest BCUT2D eigenvalue weighted by Gasteiger charge is 2.27. The monoisotopic (exact) mass is 452 g/mol. The first-order valence-electron chi connectivity index (χ1n) is 12.2. The Hall–Kier alpha value is -3.79. The molecular formula is C27H29N7. The van der Waals surface area contributed by atoms with Crippen LogP contribution in [-0.2, 0) is 6.42 Å². The number of nitrogens with zero attached hydrogens (tertiary/aromatic N) is 6. The van der Waals surface area contributed by atoms with Crippen molar-refractivity contribution in [2.45, 2.75) is 52.0 Å². The van der Waals surface area contributed by atoms with E-state index >= 15 is 0 Å². The fourth-order valence-corrected chi connectivity index (χ4v) is 3.96. The zero-order valence-corrected chi connectivity index (χ0v) is 19.8. The Kier molecular flexibility index (Phi) is 5.42. The first kappa shape index (κ1) is 20.8. The van der Waals surface area contributed by atoms with E-state index in [0.717, 1.165) is 47.2 Å². The molecule has 172 valence electrons. The van der Waals surface area contributed by atoms with Gasteiger partial charge in [0.2, 0.25) is 0 Å². The molecule has 0 amide bonds. The van der Waals surface area contributed by atoms with Crippen molar-refractivity contribution in [1.29, 1.82) is 5.26 Å². The zero-order chi connectivity index (χ0) is 24.6. The van der Waals surface area contributed by atoms with Gasteiger partial charge >= 0.3 is 0 Å². The maximum Gasteiger partial charge on any atom is 0.137 e. The van der Waals surface area contributed by atoms with Crippen LogP contribution in [0.3, 0.4) is 0 Å². The number of benzene rings is 2. The summed E-state index contributed by atoms with van der Waals surface area (Å²) >= 11 is 0. The second-order valence-corrected chi connectivity index (χ2v) is 10.2. The van der Waals surface area contributed by atoms with E-state index < -0.39 is 5.89 Å². The molecule has 2 heterocycles. The van der Waals surface area contributed by atoms with Crippen LogP contribution in [0.15, 0.2) is 55.0 Å². The van der Waals surface area contributed by atoms with E-state index in [1.807, 2.05) is 35.1 Å². The van der Waals surface area contributed by atoms with Crippen molar-refractivity contribution in [3.05, 3.63) is 77.4 Å². The highest BCUT2D eigenvalue weighted by Crippen LogP contribution is 2.36. The third-order valence-electron chi connectivity index (χ3n) is 5.95. The largest absolute Gasteiger partial charge is 0.369 e. The summed E-state index contributed by atoms with van der Waals surface area (Å²) in [5.41, 5.74) is 3.73. The minimum absolute atomic E-state index is 0.102. The molecule has 2 aromatic carbocycles. The topological polar surface area (TPSA) is 92.3 Å². The Labute approximate surface area is 201 Å². The Morgan fingerprint density at radius 1 is 1.21 bits per heavy atom. The lowest BCUT2D eigenvalue weighted by Crippen LogP contribution is -2.19. The Bertz CT molecular complexity index is 1410. The standard InChI is InChI=1S/C27H29N7/c1-27(2,3)16-29-26-23-13-18(7-10-24(23)30-17-31-26)12-22(20-6-4-5-19(11-20)14-28)25-15-34(33-32-25)21-8-9-21/h4-7,10-11,13,15,17,21-22H,8-9,12,16H2,1-3H3,(H,29,30,31)/t22-/m1/s1/i22D. The van der Waals surface area contributed by atoms with Crippen LogP contribution in [0, 0.1) is 16.7 Å². The number of nitriles is 1. The molecule has 34 heavy (non-hydrogen) atoms. The Morgan fingerprint density at radius 3 is 2.82 bits per heavy atom. The summed E-state index contributed by atoms with van der Waals surface area (Å²) in [5, 5.41) is 22.6. The number of aromatic nitrogens is 5. The van der Waals surface area contributed by atoms with Gasteiger partial charge in [0.25, 0.3) is 0 Å². The van der Waals surface area contributed by atoms with Gasteiger partial charge in [-0.1, -0.05) is 44.2 Å². The summed E-state index contributed by atoms with van der Waals surface area (Å²) in [5.74, 6) is -0.420. The summed E-state index contributed by atoms with van der Waals surface area (Å²) < 4.78 is 11.5. The molecular weight excluding hydrogens is 422 g/mol. The Morgan fingerprint density at radius 2 is 2.06 bits per heavy atom. The van der Waals surface area contributed by atoms with E-state index in [4.69, 9.17) is 0 Å². The summed E-state index contributed by atoms with van der Waals surface area (Å²) in [4.78, 5) is 8.92. The van der Waals surface area contributed by atoms with Crippen LogP contribution >= 0.6 is 0 Å². The second-order valence-electron chi connectivity index (χ2n) is 10.2. The fourth-order valence-electron chi connectivity index (χ4n) is 3.96. The SMILES string of the molecule is [2H][C@@](Cc1ccc2ncnc(NCC(C)(C)C)c2c1)(c1cccc(C#N)c1)c1cn(C2CC2)nn1. The van der Waals surface area contributed by atoms with E-state index in [1.165, 1.54) is 0 Å². The summed E-state index contributed by atoms with van der Waals surface area (Å²) in [6.07, 6.45) is 6.02. The third kappa shape index (κ3) is 4.91. The molecule has 1 saturated carbocycles. The molecule has 1 atom stereocenters. The number of hydrogen-bond acceptors (Lipinski definition) is 6. The van der Waals surface area contributed by atoms with Gasteiger partial charge in [0.05, 0.1) is 28.9 Å². The predicted octanol–water partition coefficient (Wildman–Crippen LogP) is 5.26. The first-order chi connectivity index (χ1) is 16.7. The van der Waals surface area contributed by atoms with E-state index in [9.17, 15) is 6.63 Å². The third-order valence-corrected chi connectivity index (χ3v) is 5.95. The normalized spacial score (nSPS) is 16.0. The molecule has 0 radical (unpaired) electrons. The van der Waals surface area contributed by atoms with Crippen molar-refractivity contribution in [3.63, 3.8) is 0 Å². The molecule has 1 N–H and O–H groups in total. The van der Waals surface area contributed by atoms with Gasteiger partial charge in [0, 0.05) is 25.4 Å². The molecule has 0 unspecified atom stereocenters. The second kappa shape index (κ2) is 8.86. The lowest BCUT2D eigenvalue weighted by Gasteiger charge is -2.20. The van der Waals surface area contributed by atoms with Gasteiger partial charge < -0.3 is 5.32 Å². The Balaban J connectivity index is 1.56. The molecule has 2 aromatic heterocycles. The molecule has 1 fully saturated rings. The first-order valence-corrected chi connectivity index (χ1v) is 11.7. The van der Waals surface area contributed by atoms with Crippen LogP contribution in [0.25, 0.3) is 10.9 Å². The minimum Gasteiger partial charge on any atom is -0.369 e. The van der Waals surface area contributed by atoms with Gasteiger partial charge in [-0.05, 0) is 60.1 Å². The van der Waals surface area contributed by atoms with Crippen LogP contribution in [0.2, 0.25) is 0 Å². The molecule has 1 aliphatic rings. The van der Waals surface area contributed by atoms with Crippen molar-refractivity contribution in [1.82, 2.24) is 25.0 Å². The van der Waals surface area contributed by atoms with Crippen LogP contribution in [-0.4, -0.2) is 31.5 Å². The quantitative estimate of drug-likeness (QED) is 0.411. The van der Waals surface area contributed by atoms with Crippen molar-refractivity contribution in [2.24, 2.45) is 5.41 Å². The minimum atomic E-state index is -1.21. The van der Waals surface area contributed by atoms with Crippen molar-refractivity contribution < 1.29 is 1.37 Å². The smallest absolute Gasteiger partial charge is 0.137 e. The summed E-state index contributed by atoms with van der Waals surface area (Å²) in [6, 6.07) is 15.9. The molecule has 0 spiro atoms. The van der Waals surface area contributed by atoms with Gasteiger partial charge in [-0.15, -0.1) is 5.10 Å². The van der Waals surface area contributed by atoms with Crippen LogP contribution < -0.4 is 5.32 Å². The number of nitrogens with one attached hydrogen (secondary N) is 1. The van der Waals surface area contributed by atoms with Crippen LogP contribution in [0.5, 0.6) is 0 Å². The molecule has 0 bridgehead atoms. The molecule has 1 aliphatic carbocycles. The van der Waals surface area contributed by atoms with Crippen LogP contribution in [0.1, 0.15) is 69.3 Å². The maximum absolute atomic E-state index is 9.64. The van der Waals surface area contributed by atoms with Crippen molar-refractivity contribution >= 4 is 16.7 Å². The molecule has 5 rings (SSSR count). The molecule has 0 saturated heterocycles. The van der Waals surface area contributed by atoms with E-state index in [2.05, 4.69) is 58.5 Å². The lowest BCUT2D eigenvalue weighted by atomic mass is 9.88. The number of anilines is 1. The lowest BCUT2D eigenvalue weighted by molar-refractivity contribution is 0.442. The summed E-state index contributed by atoms with van der Waals surface area (Å²) in [6.45, 7) is 7.30. The summed E-state index contributed by atoms with van der Waals surface area (Å²) in [7, 11) is 0. The van der Waals surface area contributed by atoms with Gasteiger partial charge in [-0.25, -0.2) is 14.6 Å². The number of hydrogen-bond donors (Lipinski definition) is 1. The number of fused-ring (bicyclic) bond motifs is 1. The average Bonchev–Trinajstić information content (AvgIpc) is 3.58. The zero-order valence-electron chi connectivity index (χ0n) is 20.8. The molecule has 0 aliphatic heterocycles. The van der Waals surface area contributed by atoms with Crippen molar-refractivity contribution in [2.75, 3.05) is 11.9 Å². The molecule has 7 nitrogen and oxygen atoms in total. The molecule has 7 heteroatoms. The number of rotatable bonds is 7. The fraction of sp³-hybridized carbons (Fsp3) is 0.370. The van der Waals surface area contributed by atoms with Gasteiger partial charge in [-0.2, -0.15) is 5.26 Å². The van der Waals surface area contributed by atoms with E-state index in [1.54, 1.807) is 18.5 Å². The van der Waals surface area contributed by atoms with Crippen LogP contribution in [0.4, 0.5) is 5.82 Å². The predicted molar refractivity (Wildman–Crippen MR) is 132 cm³/mol. The van der Waals surface area contributed by atoms with Crippen molar-refractivity contribution in [3.8, 4) is 6.07 Å². The van der Waals surface area contributed by atoms with Gasteiger partial charge in [0.1, 0.15) is 12.1 Å². The van der Waals surface area contributed by atoms with E-state index in [0.29, 0.717) is 23.7 Å². The average molecular weight is 453 g/mol. The van der Waals surface area contributed by atoms with Gasteiger partial charge in [-0.3, -0.25) is 0 Å². The molecule has 4 aromatic rings.